The topological polar surface area (TPSA) is 48.2 Å². The van der Waals surface area contributed by atoms with Crippen LogP contribution >= 0.6 is 23.4 Å². The first-order chi connectivity index (χ1) is 4.22. The zero-order chi connectivity index (χ0) is 6.85. The van der Waals surface area contributed by atoms with E-state index in [0.717, 1.165) is 10.8 Å². The van der Waals surface area contributed by atoms with Gasteiger partial charge in [-0.1, -0.05) is 0 Å². The molecule has 4 nitrogen and oxygen atoms in total. The molecule has 0 aromatic rings. The highest BCUT2D eigenvalue weighted by Crippen LogP contribution is 2.09. The molecule has 0 saturated heterocycles. The first kappa shape index (κ1) is 6.80. The third kappa shape index (κ3) is 1.32. The lowest BCUT2D eigenvalue weighted by molar-refractivity contribution is 0.113. The molecule has 9 heavy (non-hydrogen) atoms. The van der Waals surface area contributed by atoms with Crippen molar-refractivity contribution in [1.82, 2.24) is 4.42 Å². The Morgan fingerprint density at radius 2 is 2.44 bits per heavy atom. The Balaban J connectivity index is 2.73. The van der Waals surface area contributed by atoms with Crippen LogP contribution in [0, 0.1) is 0 Å². The fourth-order valence-corrected chi connectivity index (χ4v) is 0.575. The Labute approximate surface area is 61.5 Å². The van der Waals surface area contributed by atoms with Crippen LogP contribution in [0.4, 0.5) is 0 Å². The van der Waals surface area contributed by atoms with Crippen molar-refractivity contribution in [3.63, 3.8) is 0 Å². The number of aliphatic hydroxyl groups is 1. The van der Waals surface area contributed by atoms with Gasteiger partial charge in [0.2, 0.25) is 11.6 Å². The summed E-state index contributed by atoms with van der Waals surface area (Å²) < 4.78 is 0.821. The fourth-order valence-electron chi connectivity index (χ4n) is 0.350. The van der Waals surface area contributed by atoms with Crippen molar-refractivity contribution < 1.29 is 5.11 Å². The second-order valence-electron chi connectivity index (χ2n) is 1.32. The molecule has 0 fully saturated rings. The summed E-state index contributed by atoms with van der Waals surface area (Å²) in [7, 11) is 0. The lowest BCUT2D eigenvalue weighted by Gasteiger charge is -2.17. The lowest BCUT2D eigenvalue weighted by Crippen LogP contribution is -2.30. The van der Waals surface area contributed by atoms with Crippen LogP contribution in [0.25, 0.3) is 0 Å². The fraction of sp³-hybridized carbons (Fsp3) is 0.333. The van der Waals surface area contributed by atoms with Crippen LogP contribution < -0.4 is 0 Å². The Bertz CT molecular complexity index is 168. The second-order valence-corrected chi connectivity index (χ2v) is 2.02. The quantitative estimate of drug-likeness (QED) is 0.419. The average molecular weight is 168 g/mol. The van der Waals surface area contributed by atoms with Crippen LogP contribution in [0.15, 0.2) is 9.98 Å². The third-order valence-corrected chi connectivity index (χ3v) is 1.44. The minimum absolute atomic E-state index is 0.0131. The van der Waals surface area contributed by atoms with Gasteiger partial charge in [-0.25, -0.2) is 14.4 Å². The van der Waals surface area contributed by atoms with Crippen LogP contribution in [-0.2, 0) is 0 Å². The summed E-state index contributed by atoms with van der Waals surface area (Å²) in [6.07, 6.45) is 0.0305. The minimum Gasteiger partial charge on any atom is -0.354 e. The van der Waals surface area contributed by atoms with Crippen molar-refractivity contribution in [2.45, 2.75) is 6.35 Å². The molecule has 1 aliphatic rings. The number of aliphatic hydroxyl groups excluding tert-OH is 1. The number of hydrogen-bond acceptors (Lipinski definition) is 4. The average Bonchev–Trinajstić information content (AvgIpc) is 1.83. The van der Waals surface area contributed by atoms with E-state index in [9.17, 15) is 0 Å². The molecule has 1 atom stereocenters. The molecule has 1 aliphatic heterocycles. The van der Waals surface area contributed by atoms with Crippen molar-refractivity contribution >= 4 is 35.0 Å². The molecule has 0 aliphatic carbocycles. The Morgan fingerprint density at radius 3 is 2.89 bits per heavy atom. The number of amidine groups is 1. The van der Waals surface area contributed by atoms with Crippen LogP contribution in [0.2, 0.25) is 0 Å². The molecule has 0 bridgehead atoms. The van der Waals surface area contributed by atoms with Crippen molar-refractivity contribution in [1.29, 1.82) is 0 Å². The maximum atomic E-state index is 8.78. The van der Waals surface area contributed by atoms with Gasteiger partial charge in [-0.3, -0.25) is 0 Å². The Kier molecular flexibility index (Phi) is 1.90. The Hall–Kier alpha value is -0.320. The van der Waals surface area contributed by atoms with E-state index >= 15 is 0 Å². The van der Waals surface area contributed by atoms with Gasteiger partial charge < -0.3 is 5.11 Å². The first-order valence-corrected chi connectivity index (χ1v) is 2.81. The zero-order valence-electron chi connectivity index (χ0n) is 4.20. The van der Waals surface area contributed by atoms with Crippen molar-refractivity contribution in [2.24, 2.45) is 9.98 Å². The zero-order valence-corrected chi connectivity index (χ0v) is 5.71. The molecule has 1 N–H and O–H groups in total. The Morgan fingerprint density at radius 1 is 1.78 bits per heavy atom. The van der Waals surface area contributed by atoms with Crippen LogP contribution in [-0.4, -0.2) is 27.5 Å². The largest absolute Gasteiger partial charge is 0.354 e. The predicted molar refractivity (Wildman–Crippen MR) is 35.5 cm³/mol. The van der Waals surface area contributed by atoms with Gasteiger partial charge in [-0.15, -0.1) is 0 Å². The molecule has 0 radical (unpaired) electrons. The predicted octanol–water partition coefficient (Wildman–Crippen LogP) is 0.355. The van der Waals surface area contributed by atoms with Gasteiger partial charge in [0.1, 0.15) is 6.34 Å². The molecule has 1 rings (SSSR count). The number of aliphatic imine (C=N–C) groups is 2. The van der Waals surface area contributed by atoms with Gasteiger partial charge in [0.05, 0.1) is 0 Å². The van der Waals surface area contributed by atoms with E-state index < -0.39 is 6.35 Å². The van der Waals surface area contributed by atoms with Gasteiger partial charge in [-0.2, -0.15) is 0 Å². The van der Waals surface area contributed by atoms with Crippen LogP contribution in [0.1, 0.15) is 0 Å². The van der Waals surface area contributed by atoms with Gasteiger partial charge in [0.15, 0.2) is 0 Å². The number of nitrogens with zero attached hydrogens (tertiary/aromatic N) is 3. The highest BCUT2D eigenvalue weighted by atomic mass is 35.5. The van der Waals surface area contributed by atoms with Crippen molar-refractivity contribution in [3.05, 3.63) is 0 Å². The summed E-state index contributed by atoms with van der Waals surface area (Å²) in [5, 5.41) is 8.79. The summed E-state index contributed by atoms with van der Waals surface area (Å²) >= 11 is 10.7. The van der Waals surface area contributed by atoms with Crippen LogP contribution in [0.3, 0.4) is 0 Å². The maximum absolute atomic E-state index is 8.78. The molecular weight excluding hydrogens is 165 g/mol. The molecule has 0 spiro atoms. The minimum atomic E-state index is -1.11. The lowest BCUT2D eigenvalue weighted by atomic mass is 10.8. The van der Waals surface area contributed by atoms with Crippen LogP contribution in [0.5, 0.6) is 0 Å². The number of rotatable bonds is 0. The monoisotopic (exact) mass is 167 g/mol. The third-order valence-electron chi connectivity index (χ3n) is 0.743. The number of hydrogen-bond donors (Lipinski definition) is 1. The molecular formula is C3H3Cl2N3O. The van der Waals surface area contributed by atoms with E-state index in [-0.39, 0.29) is 5.29 Å². The standard InChI is InChI=1S/C3H3Cl2N3O/c4-2-6-1-7-3(9)8(2)5/h1,3,9H. The van der Waals surface area contributed by atoms with E-state index in [1.165, 1.54) is 0 Å². The summed E-state index contributed by atoms with van der Waals surface area (Å²) in [5.41, 5.74) is 0. The van der Waals surface area contributed by atoms with Gasteiger partial charge >= 0.3 is 0 Å². The van der Waals surface area contributed by atoms with Gasteiger partial charge in [0, 0.05) is 11.8 Å². The molecule has 50 valence electrons. The summed E-state index contributed by atoms with van der Waals surface area (Å²) in [4.78, 5) is 6.90. The normalized spacial score (nSPS) is 26.3. The SMILES string of the molecule is OC1N=CN=C(Cl)N1Cl. The molecule has 0 saturated carbocycles. The summed E-state index contributed by atoms with van der Waals surface area (Å²) in [6.45, 7) is 0. The van der Waals surface area contributed by atoms with Gasteiger partial charge in [0.25, 0.3) is 0 Å². The summed E-state index contributed by atoms with van der Waals surface area (Å²) in [5.74, 6) is 0. The first-order valence-electron chi connectivity index (χ1n) is 2.10. The van der Waals surface area contributed by atoms with Crippen molar-refractivity contribution in [2.75, 3.05) is 0 Å². The van der Waals surface area contributed by atoms with E-state index in [2.05, 4.69) is 9.98 Å². The molecule has 0 aromatic heterocycles. The highest BCUT2D eigenvalue weighted by Gasteiger charge is 2.16. The molecule has 1 unspecified atom stereocenters. The molecule has 0 aromatic carbocycles. The second kappa shape index (κ2) is 2.51. The smallest absolute Gasteiger partial charge is 0.243 e. The molecule has 6 heteroatoms. The summed E-state index contributed by atoms with van der Waals surface area (Å²) in [6, 6.07) is 0. The van der Waals surface area contributed by atoms with Crippen molar-refractivity contribution in [3.8, 4) is 0 Å². The molecule has 1 heterocycles. The van der Waals surface area contributed by atoms with E-state index in [1.807, 2.05) is 0 Å². The van der Waals surface area contributed by atoms with Gasteiger partial charge in [-0.05, 0) is 11.6 Å². The van der Waals surface area contributed by atoms with E-state index in [0.29, 0.717) is 0 Å². The van der Waals surface area contributed by atoms with E-state index in [4.69, 9.17) is 28.5 Å². The molecule has 0 amide bonds. The number of halogens is 2. The maximum Gasteiger partial charge on any atom is 0.243 e. The van der Waals surface area contributed by atoms with E-state index in [1.54, 1.807) is 0 Å². The highest BCUT2D eigenvalue weighted by molar-refractivity contribution is 6.67.